The first kappa shape index (κ1) is 49.7. The molecule has 3 rings (SSSR count). The fourth-order valence-electron chi connectivity index (χ4n) is 5.98. The van der Waals surface area contributed by atoms with Crippen LogP contribution in [0.4, 0.5) is 32.0 Å². The van der Waals surface area contributed by atoms with E-state index in [1.54, 1.807) is 6.20 Å². The Labute approximate surface area is 329 Å². The number of rotatable bonds is 16. The highest BCUT2D eigenvalue weighted by Crippen LogP contribution is 2.38. The fourth-order valence-corrected chi connectivity index (χ4v) is 5.98. The van der Waals surface area contributed by atoms with E-state index in [-0.39, 0.29) is 17.6 Å². The highest BCUT2D eigenvalue weighted by molar-refractivity contribution is 5.94. The van der Waals surface area contributed by atoms with Gasteiger partial charge in [-0.15, -0.1) is 0 Å². The number of nitrogens with one attached hydrogen (secondary N) is 2. The van der Waals surface area contributed by atoms with Crippen molar-refractivity contribution in [1.29, 1.82) is 0 Å². The second kappa shape index (κ2) is 27.3. The molecule has 310 valence electrons. The Morgan fingerprint density at radius 2 is 1.31 bits per heavy atom. The molecule has 0 saturated heterocycles. The van der Waals surface area contributed by atoms with E-state index in [1.807, 2.05) is 6.92 Å². The number of amidine groups is 1. The van der Waals surface area contributed by atoms with Gasteiger partial charge in [-0.2, -0.15) is 26.3 Å². The van der Waals surface area contributed by atoms with Crippen LogP contribution >= 0.6 is 0 Å². The molecule has 1 saturated carbocycles. The van der Waals surface area contributed by atoms with Crippen molar-refractivity contribution in [2.45, 2.75) is 158 Å². The summed E-state index contributed by atoms with van der Waals surface area (Å²) >= 11 is 0. The number of alkyl halides is 6. The normalized spacial score (nSPS) is 14.9. The van der Waals surface area contributed by atoms with Gasteiger partial charge >= 0.3 is 12.4 Å². The molecule has 0 aliphatic heterocycles. The quantitative estimate of drug-likeness (QED) is 0.0585. The second-order valence-corrected chi connectivity index (χ2v) is 14.5. The third-order valence-electron chi connectivity index (χ3n) is 9.34. The maximum Gasteiger partial charge on any atom is 0.416 e. The summed E-state index contributed by atoms with van der Waals surface area (Å²) in [6.07, 6.45) is 13.2. The van der Waals surface area contributed by atoms with Gasteiger partial charge in [-0.25, -0.2) is 4.99 Å². The largest absolute Gasteiger partial charge is 0.416 e. The Bertz CT molecular complexity index is 1420. The van der Waals surface area contributed by atoms with Crippen LogP contribution in [0.25, 0.3) is 5.57 Å². The number of allylic oxidation sites excluding steroid dienone is 5. The van der Waals surface area contributed by atoms with Crippen LogP contribution in [0, 0.1) is 5.92 Å². The zero-order chi connectivity index (χ0) is 41.3. The molecule has 55 heavy (non-hydrogen) atoms. The Morgan fingerprint density at radius 3 is 1.78 bits per heavy atom. The SMILES string of the molecule is CC1CCCCC1.CCCCCNCCC.CCC\C=C(C(=C/N=C(C)Nc1cc(C(F)(F)F)cc(C(F)(F)F)c1)/C(C)=C/CCC)\c1ccc(CC)cc1. The maximum absolute atomic E-state index is 13.3. The van der Waals surface area contributed by atoms with Gasteiger partial charge in [0.2, 0.25) is 0 Å². The molecular formula is C46H69F6N3. The Morgan fingerprint density at radius 1 is 0.727 bits per heavy atom. The number of hydrogen-bond acceptors (Lipinski definition) is 2. The monoisotopic (exact) mass is 778 g/mol. The van der Waals surface area contributed by atoms with Crippen molar-refractivity contribution < 1.29 is 26.3 Å². The molecular weight excluding hydrogens is 709 g/mol. The number of halogens is 6. The van der Waals surface area contributed by atoms with E-state index in [9.17, 15) is 26.3 Å². The van der Waals surface area contributed by atoms with Crippen molar-refractivity contribution >= 4 is 17.1 Å². The fraction of sp³-hybridized carbons (Fsp3) is 0.587. The molecule has 1 fully saturated rings. The number of benzene rings is 2. The van der Waals surface area contributed by atoms with Gasteiger partial charge in [-0.05, 0) is 105 Å². The Kier molecular flexibility index (Phi) is 24.7. The molecule has 9 heteroatoms. The molecule has 0 bridgehead atoms. The molecule has 0 atom stereocenters. The highest BCUT2D eigenvalue weighted by Gasteiger charge is 2.37. The summed E-state index contributed by atoms with van der Waals surface area (Å²) in [7, 11) is 0. The van der Waals surface area contributed by atoms with Crippen molar-refractivity contribution in [3.05, 3.63) is 94.2 Å². The number of aliphatic imine (C=N–C) groups is 1. The summed E-state index contributed by atoms with van der Waals surface area (Å²) < 4.78 is 79.6. The van der Waals surface area contributed by atoms with Gasteiger partial charge in [0.05, 0.1) is 11.1 Å². The molecule has 0 spiro atoms. The van der Waals surface area contributed by atoms with Gasteiger partial charge < -0.3 is 10.6 Å². The summed E-state index contributed by atoms with van der Waals surface area (Å²) in [4.78, 5) is 4.42. The molecule has 1 aliphatic carbocycles. The third-order valence-corrected chi connectivity index (χ3v) is 9.34. The van der Waals surface area contributed by atoms with E-state index < -0.39 is 23.5 Å². The molecule has 0 radical (unpaired) electrons. The minimum Gasteiger partial charge on any atom is -0.344 e. The number of unbranched alkanes of at least 4 members (excludes halogenated alkanes) is 4. The first-order valence-electron chi connectivity index (χ1n) is 20.6. The van der Waals surface area contributed by atoms with Crippen LogP contribution in [-0.2, 0) is 18.8 Å². The smallest absolute Gasteiger partial charge is 0.344 e. The van der Waals surface area contributed by atoms with Crippen LogP contribution in [0.2, 0.25) is 0 Å². The van der Waals surface area contributed by atoms with E-state index in [1.165, 1.54) is 83.4 Å². The zero-order valence-corrected chi connectivity index (χ0v) is 34.9. The highest BCUT2D eigenvalue weighted by atomic mass is 19.4. The summed E-state index contributed by atoms with van der Waals surface area (Å²) in [6.45, 7) is 18.9. The lowest BCUT2D eigenvalue weighted by Gasteiger charge is -2.16. The van der Waals surface area contributed by atoms with Crippen molar-refractivity contribution in [3.63, 3.8) is 0 Å². The van der Waals surface area contributed by atoms with Crippen LogP contribution in [0.15, 0.2) is 77.0 Å². The standard InChI is InChI=1S/C31H36F6N2.C8H19N.C7H14/c1-6-9-11-21(4)29(28(12-10-7-2)24-15-13-23(8-3)14-16-24)20-38-22(5)39-27-18-25(30(32,33)34)17-26(19-27)31(35,36)37;1-3-5-6-8-9-7-4-2;1-7-5-3-2-4-6-7/h11-20H,6-10H2,1-5H3,(H,38,39);9H,3-8H2,1-2H3;7H,2-6H2,1H3/b21-11+,28-12-,29-20+;;. The summed E-state index contributed by atoms with van der Waals surface area (Å²) in [5, 5.41) is 5.98. The molecule has 0 amide bonds. The molecule has 2 N–H and O–H groups in total. The number of aryl methyl sites for hydroxylation is 1. The van der Waals surface area contributed by atoms with Crippen molar-refractivity contribution in [3.8, 4) is 0 Å². The molecule has 0 aromatic heterocycles. The van der Waals surface area contributed by atoms with Crippen LogP contribution in [0.5, 0.6) is 0 Å². The van der Waals surface area contributed by atoms with Gasteiger partial charge in [-0.3, -0.25) is 0 Å². The second-order valence-electron chi connectivity index (χ2n) is 14.5. The van der Waals surface area contributed by atoms with Crippen LogP contribution in [0.3, 0.4) is 0 Å². The molecule has 0 heterocycles. The minimum absolute atomic E-state index is 0.103. The Hall–Kier alpha value is -3.33. The predicted molar refractivity (Wildman–Crippen MR) is 224 cm³/mol. The Balaban J connectivity index is 0.000000775. The zero-order valence-electron chi connectivity index (χ0n) is 34.9. The maximum atomic E-state index is 13.3. The first-order valence-corrected chi connectivity index (χ1v) is 20.6. The van der Waals surface area contributed by atoms with Gasteiger partial charge in [-0.1, -0.05) is 136 Å². The first-order chi connectivity index (χ1) is 26.1. The van der Waals surface area contributed by atoms with E-state index in [0.717, 1.165) is 60.3 Å². The minimum atomic E-state index is -4.93. The summed E-state index contributed by atoms with van der Waals surface area (Å²) in [6, 6.07) is 9.64. The third kappa shape index (κ3) is 21.0. The van der Waals surface area contributed by atoms with Crippen LogP contribution in [0.1, 0.15) is 161 Å². The molecule has 2 aromatic rings. The predicted octanol–water partition coefficient (Wildman–Crippen LogP) is 15.4. The van der Waals surface area contributed by atoms with E-state index in [4.69, 9.17) is 0 Å². The average molecular weight is 778 g/mol. The molecule has 1 aliphatic rings. The summed E-state index contributed by atoms with van der Waals surface area (Å²) in [5.74, 6) is 1.19. The topological polar surface area (TPSA) is 36.4 Å². The number of nitrogens with zero attached hydrogens (tertiary/aromatic N) is 1. The van der Waals surface area contributed by atoms with Gasteiger partial charge in [0.1, 0.15) is 5.84 Å². The van der Waals surface area contributed by atoms with Crippen molar-refractivity contribution in [1.82, 2.24) is 5.32 Å². The number of hydrogen-bond donors (Lipinski definition) is 2. The molecule has 0 unspecified atom stereocenters. The van der Waals surface area contributed by atoms with E-state index >= 15 is 0 Å². The van der Waals surface area contributed by atoms with Gasteiger partial charge in [0.25, 0.3) is 0 Å². The van der Waals surface area contributed by atoms with Crippen LogP contribution in [-0.4, -0.2) is 18.9 Å². The van der Waals surface area contributed by atoms with E-state index in [0.29, 0.717) is 12.1 Å². The molecule has 2 aromatic carbocycles. The lowest BCUT2D eigenvalue weighted by molar-refractivity contribution is -0.143. The van der Waals surface area contributed by atoms with Gasteiger partial charge in [0, 0.05) is 17.5 Å². The molecule has 3 nitrogen and oxygen atoms in total. The van der Waals surface area contributed by atoms with Crippen molar-refractivity contribution in [2.24, 2.45) is 10.9 Å². The lowest BCUT2D eigenvalue weighted by atomic mass is 9.91. The van der Waals surface area contributed by atoms with Crippen LogP contribution < -0.4 is 10.6 Å². The summed E-state index contributed by atoms with van der Waals surface area (Å²) in [5.41, 5.74) is 1.88. The van der Waals surface area contributed by atoms with Gasteiger partial charge in [0.15, 0.2) is 0 Å². The number of anilines is 1. The lowest BCUT2D eigenvalue weighted by Crippen LogP contribution is -2.15. The van der Waals surface area contributed by atoms with E-state index in [2.05, 4.69) is 93.6 Å². The average Bonchev–Trinajstić information content (AvgIpc) is 3.15. The van der Waals surface area contributed by atoms with Crippen molar-refractivity contribution in [2.75, 3.05) is 18.4 Å².